The fourth-order valence-corrected chi connectivity index (χ4v) is 1.43. The maximum atomic E-state index is 6.71. The van der Waals surface area contributed by atoms with Gasteiger partial charge in [0.05, 0.1) is 5.69 Å². The molecular weight excluding hydrogens is 176 g/mol. The first-order valence-electron chi connectivity index (χ1n) is 4.79. The highest BCUT2D eigenvalue weighted by atomic mass is 15.4. The van der Waals surface area contributed by atoms with E-state index >= 15 is 0 Å². The minimum atomic E-state index is 0.851. The van der Waals surface area contributed by atoms with Gasteiger partial charge in [-0.2, -0.15) is 5.53 Å². The summed E-state index contributed by atoms with van der Waals surface area (Å²) in [5.41, 5.74) is 11.3. The van der Waals surface area contributed by atoms with Gasteiger partial charge in [-0.15, -0.1) is 0 Å². The molecule has 2 N–H and O–H groups in total. The lowest BCUT2D eigenvalue weighted by Gasteiger charge is -2.21. The minimum Gasteiger partial charge on any atom is -0.372 e. The van der Waals surface area contributed by atoms with Crippen LogP contribution >= 0.6 is 0 Å². The average Bonchev–Trinajstić information content (AvgIpc) is 2.21. The maximum Gasteiger partial charge on any atom is 0.0599 e. The van der Waals surface area contributed by atoms with Crippen molar-refractivity contribution in [2.24, 2.45) is 5.22 Å². The van der Waals surface area contributed by atoms with Crippen molar-refractivity contribution >= 4 is 11.4 Å². The van der Waals surface area contributed by atoms with Crippen LogP contribution in [0.4, 0.5) is 11.4 Å². The van der Waals surface area contributed by atoms with Gasteiger partial charge in [-0.3, -0.25) is 5.43 Å². The summed E-state index contributed by atoms with van der Waals surface area (Å²) in [6, 6.07) is 7.90. The second-order valence-corrected chi connectivity index (χ2v) is 2.95. The Hall–Kier alpha value is -1.58. The molecule has 0 heterocycles. The topological polar surface area (TPSA) is 51.5 Å². The van der Waals surface area contributed by atoms with Gasteiger partial charge in [0, 0.05) is 18.8 Å². The average molecular weight is 192 g/mol. The Morgan fingerprint density at radius 1 is 1.36 bits per heavy atom. The molecule has 76 valence electrons. The Kier molecular flexibility index (Phi) is 3.91. The highest BCUT2D eigenvalue weighted by Crippen LogP contribution is 2.18. The number of hydrogen-bond acceptors (Lipinski definition) is 3. The summed E-state index contributed by atoms with van der Waals surface area (Å²) in [4.78, 5) is 2.25. The van der Waals surface area contributed by atoms with Crippen LogP contribution in [0.1, 0.15) is 13.8 Å². The number of hydrogen-bond donors (Lipinski definition) is 2. The van der Waals surface area contributed by atoms with E-state index in [1.165, 1.54) is 0 Å². The van der Waals surface area contributed by atoms with E-state index in [1.807, 2.05) is 18.2 Å². The summed E-state index contributed by atoms with van der Waals surface area (Å²) < 4.78 is 0. The van der Waals surface area contributed by atoms with Crippen LogP contribution in [0.15, 0.2) is 29.5 Å². The number of nitrogens with zero attached hydrogens (tertiary/aromatic N) is 2. The summed E-state index contributed by atoms with van der Waals surface area (Å²) in [5.74, 6) is 0. The molecule has 0 aromatic heterocycles. The Balaban J connectivity index is 2.86. The van der Waals surface area contributed by atoms with Gasteiger partial charge in [0.15, 0.2) is 0 Å². The minimum absolute atomic E-state index is 0.851. The van der Waals surface area contributed by atoms with Crippen LogP contribution in [0.3, 0.4) is 0 Å². The van der Waals surface area contributed by atoms with E-state index in [9.17, 15) is 0 Å². The predicted molar refractivity (Wildman–Crippen MR) is 58.8 cm³/mol. The van der Waals surface area contributed by atoms with Gasteiger partial charge in [0.1, 0.15) is 0 Å². The quantitative estimate of drug-likeness (QED) is 0.556. The Bertz CT molecular complexity index is 294. The maximum absolute atomic E-state index is 6.71. The fraction of sp³-hybridized carbons (Fsp3) is 0.400. The van der Waals surface area contributed by atoms with Crippen molar-refractivity contribution in [1.82, 2.24) is 0 Å². The molecule has 0 spiro atoms. The van der Waals surface area contributed by atoms with Gasteiger partial charge in [0.2, 0.25) is 0 Å². The third-order valence-corrected chi connectivity index (χ3v) is 2.16. The molecule has 0 atom stereocenters. The number of anilines is 2. The van der Waals surface area contributed by atoms with E-state index in [0.717, 1.165) is 24.5 Å². The molecule has 0 unspecified atom stereocenters. The molecule has 0 aliphatic heterocycles. The molecule has 0 aliphatic carbocycles. The SMILES string of the molecule is CCN(CC)c1cccc(NN=N)c1. The highest BCUT2D eigenvalue weighted by molar-refractivity contribution is 5.57. The molecule has 0 saturated carbocycles. The van der Waals surface area contributed by atoms with Crippen molar-refractivity contribution in [3.63, 3.8) is 0 Å². The van der Waals surface area contributed by atoms with Crippen molar-refractivity contribution < 1.29 is 0 Å². The molecule has 1 rings (SSSR count). The molecule has 1 aromatic carbocycles. The number of benzene rings is 1. The first kappa shape index (κ1) is 10.5. The second-order valence-electron chi connectivity index (χ2n) is 2.95. The van der Waals surface area contributed by atoms with E-state index in [1.54, 1.807) is 0 Å². The fourth-order valence-electron chi connectivity index (χ4n) is 1.43. The molecule has 14 heavy (non-hydrogen) atoms. The monoisotopic (exact) mass is 192 g/mol. The Morgan fingerprint density at radius 2 is 2.07 bits per heavy atom. The molecule has 0 saturated heterocycles. The lowest BCUT2D eigenvalue weighted by atomic mass is 10.2. The van der Waals surface area contributed by atoms with Crippen LogP contribution in [-0.4, -0.2) is 13.1 Å². The number of nitrogens with one attached hydrogen (secondary N) is 2. The first-order valence-corrected chi connectivity index (χ1v) is 4.79. The number of rotatable bonds is 5. The Labute approximate surface area is 84.4 Å². The molecule has 0 radical (unpaired) electrons. The smallest absolute Gasteiger partial charge is 0.0599 e. The van der Waals surface area contributed by atoms with Crippen LogP contribution in [0.25, 0.3) is 0 Å². The van der Waals surface area contributed by atoms with Crippen molar-refractivity contribution in [3.05, 3.63) is 24.3 Å². The summed E-state index contributed by atoms with van der Waals surface area (Å²) in [6.45, 7) is 6.22. The lowest BCUT2D eigenvalue weighted by Crippen LogP contribution is -2.21. The standard InChI is InChI=1S/C10H16N4/c1-3-14(4-2)10-7-5-6-9(8-10)12-13-11/h5-8H,3-4H2,1-2H3,(H2,11,12). The third kappa shape index (κ3) is 2.45. The van der Waals surface area contributed by atoms with Crippen LogP contribution in [0, 0.1) is 5.53 Å². The van der Waals surface area contributed by atoms with Crippen LogP contribution in [0.5, 0.6) is 0 Å². The summed E-state index contributed by atoms with van der Waals surface area (Å²) in [6.07, 6.45) is 0. The van der Waals surface area contributed by atoms with Gasteiger partial charge >= 0.3 is 0 Å². The van der Waals surface area contributed by atoms with E-state index in [4.69, 9.17) is 5.53 Å². The molecule has 4 nitrogen and oxygen atoms in total. The molecule has 4 heteroatoms. The second kappa shape index (κ2) is 5.21. The molecular formula is C10H16N4. The van der Waals surface area contributed by atoms with Crippen LogP contribution in [0.2, 0.25) is 0 Å². The summed E-state index contributed by atoms with van der Waals surface area (Å²) in [7, 11) is 0. The van der Waals surface area contributed by atoms with Crippen LogP contribution in [-0.2, 0) is 0 Å². The zero-order chi connectivity index (χ0) is 10.4. The summed E-state index contributed by atoms with van der Waals surface area (Å²) >= 11 is 0. The van der Waals surface area contributed by atoms with E-state index in [-0.39, 0.29) is 0 Å². The highest BCUT2D eigenvalue weighted by Gasteiger charge is 2.01. The normalized spacial score (nSPS) is 9.57. The van der Waals surface area contributed by atoms with Gasteiger partial charge in [-0.25, -0.2) is 0 Å². The molecule has 0 aliphatic rings. The first-order chi connectivity index (χ1) is 6.81. The van der Waals surface area contributed by atoms with E-state index < -0.39 is 0 Å². The summed E-state index contributed by atoms with van der Waals surface area (Å²) in [5, 5.41) is 3.14. The van der Waals surface area contributed by atoms with Gasteiger partial charge < -0.3 is 4.90 Å². The molecule has 0 amide bonds. The zero-order valence-corrected chi connectivity index (χ0v) is 8.62. The van der Waals surface area contributed by atoms with Gasteiger partial charge in [0.25, 0.3) is 0 Å². The van der Waals surface area contributed by atoms with Gasteiger partial charge in [-0.05, 0) is 32.0 Å². The van der Waals surface area contributed by atoms with Crippen LogP contribution < -0.4 is 10.3 Å². The Morgan fingerprint density at radius 3 is 2.64 bits per heavy atom. The van der Waals surface area contributed by atoms with Crippen molar-refractivity contribution in [1.29, 1.82) is 5.53 Å². The third-order valence-electron chi connectivity index (χ3n) is 2.16. The van der Waals surface area contributed by atoms with Crippen molar-refractivity contribution in [2.75, 3.05) is 23.4 Å². The molecule has 0 fully saturated rings. The van der Waals surface area contributed by atoms with Gasteiger partial charge in [-0.1, -0.05) is 11.3 Å². The van der Waals surface area contributed by atoms with E-state index in [2.05, 4.69) is 35.5 Å². The molecule has 1 aromatic rings. The predicted octanol–water partition coefficient (Wildman–Crippen LogP) is 2.89. The zero-order valence-electron chi connectivity index (χ0n) is 8.62. The van der Waals surface area contributed by atoms with Crippen molar-refractivity contribution in [2.45, 2.75) is 13.8 Å². The van der Waals surface area contributed by atoms with Crippen molar-refractivity contribution in [3.8, 4) is 0 Å². The molecule has 0 bridgehead atoms. The largest absolute Gasteiger partial charge is 0.372 e. The lowest BCUT2D eigenvalue weighted by molar-refractivity contribution is 0.866. The van der Waals surface area contributed by atoms with E-state index in [0.29, 0.717) is 0 Å².